The Balaban J connectivity index is 1.81. The molecule has 0 bridgehead atoms. The first-order valence-corrected chi connectivity index (χ1v) is 7.95. The Morgan fingerprint density at radius 3 is 2.55 bits per heavy atom. The van der Waals surface area contributed by atoms with E-state index < -0.39 is 0 Å². The summed E-state index contributed by atoms with van der Waals surface area (Å²) in [6.07, 6.45) is 3.54. The molecule has 4 nitrogen and oxygen atoms in total. The summed E-state index contributed by atoms with van der Waals surface area (Å²) in [4.78, 5) is 4.02. The first-order chi connectivity index (χ1) is 10.6. The fraction of sp³-hybridized carbons (Fsp3) is 0.176. The number of nitrogens with zero attached hydrogens (tertiary/aromatic N) is 2. The number of hydrogen-bond donors (Lipinski definition) is 2. The summed E-state index contributed by atoms with van der Waals surface area (Å²) >= 11 is 3.62. The van der Waals surface area contributed by atoms with Crippen molar-refractivity contribution in [2.45, 2.75) is 19.8 Å². The molecule has 0 fully saturated rings. The molecule has 0 saturated heterocycles. The quantitative estimate of drug-likeness (QED) is 0.683. The number of anilines is 2. The zero-order valence-electron chi connectivity index (χ0n) is 12.5. The molecular formula is C17H17BrN4. The smallest absolute Gasteiger partial charge is 0.152 e. The van der Waals surface area contributed by atoms with Crippen molar-refractivity contribution in [3.8, 4) is 11.3 Å². The maximum absolute atomic E-state index is 4.31. The zero-order chi connectivity index (χ0) is 15.5. The molecule has 2 N–H and O–H groups in total. The van der Waals surface area contributed by atoms with Gasteiger partial charge in [-0.25, -0.2) is 0 Å². The highest BCUT2D eigenvalue weighted by Gasteiger charge is 2.07. The fourth-order valence-corrected chi connectivity index (χ4v) is 2.69. The van der Waals surface area contributed by atoms with Crippen molar-refractivity contribution in [3.63, 3.8) is 0 Å². The summed E-state index contributed by atoms with van der Waals surface area (Å²) in [7, 11) is 0. The van der Waals surface area contributed by atoms with Gasteiger partial charge >= 0.3 is 0 Å². The van der Waals surface area contributed by atoms with E-state index in [9.17, 15) is 0 Å². The average Bonchev–Trinajstić information content (AvgIpc) is 2.98. The minimum Gasteiger partial charge on any atom is -0.338 e. The van der Waals surface area contributed by atoms with Crippen molar-refractivity contribution in [1.29, 1.82) is 0 Å². The van der Waals surface area contributed by atoms with Crippen molar-refractivity contribution in [2.24, 2.45) is 0 Å². The maximum Gasteiger partial charge on any atom is 0.152 e. The number of nitrogens with one attached hydrogen (secondary N) is 2. The van der Waals surface area contributed by atoms with Gasteiger partial charge in [0.15, 0.2) is 5.82 Å². The van der Waals surface area contributed by atoms with Crippen molar-refractivity contribution in [3.05, 3.63) is 58.8 Å². The second kappa shape index (κ2) is 6.32. The number of aromatic nitrogens is 3. The Morgan fingerprint density at radius 2 is 1.86 bits per heavy atom. The number of hydrogen-bond acceptors (Lipinski definition) is 3. The van der Waals surface area contributed by atoms with Gasteiger partial charge in [0.1, 0.15) is 0 Å². The largest absolute Gasteiger partial charge is 0.338 e. The Bertz CT molecular complexity index is 765. The lowest BCUT2D eigenvalue weighted by molar-refractivity contribution is 0.866. The van der Waals surface area contributed by atoms with Gasteiger partial charge in [-0.1, -0.05) is 19.9 Å². The molecule has 0 aliphatic carbocycles. The van der Waals surface area contributed by atoms with Crippen LogP contribution in [0.4, 0.5) is 11.5 Å². The molecule has 0 unspecified atom stereocenters. The van der Waals surface area contributed by atoms with Crippen LogP contribution in [0.3, 0.4) is 0 Å². The molecule has 0 aliphatic heterocycles. The molecule has 1 aromatic carbocycles. The second-order valence-electron chi connectivity index (χ2n) is 5.42. The second-order valence-corrected chi connectivity index (χ2v) is 6.28. The SMILES string of the molecule is CC(C)c1ccc(Nc2cc(-c3ccncc3)[nH]n2)c(Br)c1. The molecule has 2 aromatic heterocycles. The first kappa shape index (κ1) is 14.8. The van der Waals surface area contributed by atoms with Crippen LogP contribution in [-0.4, -0.2) is 15.2 Å². The molecule has 112 valence electrons. The highest BCUT2D eigenvalue weighted by molar-refractivity contribution is 9.10. The van der Waals surface area contributed by atoms with Crippen LogP contribution in [0, 0.1) is 0 Å². The van der Waals surface area contributed by atoms with E-state index in [0.717, 1.165) is 27.2 Å². The standard InChI is InChI=1S/C17H17BrN4/c1-11(2)13-3-4-15(14(18)9-13)20-17-10-16(21-22-17)12-5-7-19-8-6-12/h3-11H,1-2H3,(H2,20,21,22). The van der Waals surface area contributed by atoms with Crippen LogP contribution in [0.2, 0.25) is 0 Å². The van der Waals surface area contributed by atoms with Crippen LogP contribution < -0.4 is 5.32 Å². The molecule has 0 radical (unpaired) electrons. The number of rotatable bonds is 4. The molecule has 2 heterocycles. The number of pyridine rings is 1. The highest BCUT2D eigenvalue weighted by atomic mass is 79.9. The maximum atomic E-state index is 4.31. The molecule has 0 saturated carbocycles. The molecule has 3 aromatic rings. The lowest BCUT2D eigenvalue weighted by atomic mass is 10.0. The molecule has 0 aliphatic rings. The zero-order valence-corrected chi connectivity index (χ0v) is 14.1. The predicted molar refractivity (Wildman–Crippen MR) is 93.3 cm³/mol. The monoisotopic (exact) mass is 356 g/mol. The summed E-state index contributed by atoms with van der Waals surface area (Å²) < 4.78 is 1.03. The Labute approximate surface area is 138 Å². The Kier molecular flexibility index (Phi) is 4.24. The lowest BCUT2D eigenvalue weighted by Crippen LogP contribution is -1.94. The van der Waals surface area contributed by atoms with Gasteiger partial charge in [0.2, 0.25) is 0 Å². The van der Waals surface area contributed by atoms with E-state index in [1.54, 1.807) is 12.4 Å². The van der Waals surface area contributed by atoms with Crippen molar-refractivity contribution >= 4 is 27.4 Å². The van der Waals surface area contributed by atoms with Gasteiger partial charge in [0, 0.05) is 28.5 Å². The van der Waals surface area contributed by atoms with E-state index in [0.29, 0.717) is 5.92 Å². The molecule has 0 amide bonds. The van der Waals surface area contributed by atoms with Crippen molar-refractivity contribution < 1.29 is 0 Å². The van der Waals surface area contributed by atoms with Gasteiger partial charge in [-0.3, -0.25) is 10.1 Å². The fourth-order valence-electron chi connectivity index (χ4n) is 2.19. The minimum absolute atomic E-state index is 0.508. The van der Waals surface area contributed by atoms with Gasteiger partial charge in [-0.15, -0.1) is 0 Å². The number of aromatic amines is 1. The van der Waals surface area contributed by atoms with E-state index >= 15 is 0 Å². The molecule has 3 rings (SSSR count). The van der Waals surface area contributed by atoms with Gasteiger partial charge in [-0.05, 0) is 51.7 Å². The van der Waals surface area contributed by atoms with Crippen LogP contribution in [-0.2, 0) is 0 Å². The molecule has 0 spiro atoms. The topological polar surface area (TPSA) is 53.6 Å². The Morgan fingerprint density at radius 1 is 1.09 bits per heavy atom. The highest BCUT2D eigenvalue weighted by Crippen LogP contribution is 2.29. The minimum atomic E-state index is 0.508. The first-order valence-electron chi connectivity index (χ1n) is 7.16. The summed E-state index contributed by atoms with van der Waals surface area (Å²) in [5, 5.41) is 10.7. The summed E-state index contributed by atoms with van der Waals surface area (Å²) in [6, 6.07) is 12.2. The number of halogens is 1. The third kappa shape index (κ3) is 3.20. The van der Waals surface area contributed by atoms with Gasteiger partial charge in [-0.2, -0.15) is 5.10 Å². The normalized spacial score (nSPS) is 10.9. The molecule has 0 atom stereocenters. The average molecular weight is 357 g/mol. The van der Waals surface area contributed by atoms with Crippen molar-refractivity contribution in [1.82, 2.24) is 15.2 Å². The molecule has 22 heavy (non-hydrogen) atoms. The van der Waals surface area contributed by atoms with Crippen LogP contribution in [0.5, 0.6) is 0 Å². The lowest BCUT2D eigenvalue weighted by Gasteiger charge is -2.10. The predicted octanol–water partition coefficient (Wildman–Crippen LogP) is 5.10. The third-order valence-electron chi connectivity index (χ3n) is 3.49. The summed E-state index contributed by atoms with van der Waals surface area (Å²) in [5.41, 5.74) is 4.32. The van der Waals surface area contributed by atoms with Gasteiger partial charge < -0.3 is 5.32 Å². The van der Waals surface area contributed by atoms with Gasteiger partial charge in [0.25, 0.3) is 0 Å². The van der Waals surface area contributed by atoms with Crippen LogP contribution in [0.1, 0.15) is 25.3 Å². The summed E-state index contributed by atoms with van der Waals surface area (Å²) in [6.45, 7) is 4.37. The van der Waals surface area contributed by atoms with E-state index in [1.807, 2.05) is 18.2 Å². The molecular weight excluding hydrogens is 340 g/mol. The molecule has 5 heteroatoms. The van der Waals surface area contributed by atoms with Crippen LogP contribution >= 0.6 is 15.9 Å². The number of benzene rings is 1. The number of H-pyrrole nitrogens is 1. The van der Waals surface area contributed by atoms with E-state index in [2.05, 4.69) is 68.5 Å². The van der Waals surface area contributed by atoms with Crippen LogP contribution in [0.25, 0.3) is 11.3 Å². The van der Waals surface area contributed by atoms with E-state index in [1.165, 1.54) is 5.56 Å². The van der Waals surface area contributed by atoms with E-state index in [-0.39, 0.29) is 0 Å². The van der Waals surface area contributed by atoms with Crippen LogP contribution in [0.15, 0.2) is 53.3 Å². The third-order valence-corrected chi connectivity index (χ3v) is 4.15. The van der Waals surface area contributed by atoms with Crippen molar-refractivity contribution in [2.75, 3.05) is 5.32 Å². The van der Waals surface area contributed by atoms with Gasteiger partial charge in [0.05, 0.1) is 11.4 Å². The van der Waals surface area contributed by atoms with E-state index in [4.69, 9.17) is 0 Å². The Hall–Kier alpha value is -2.14. The summed E-state index contributed by atoms with van der Waals surface area (Å²) in [5.74, 6) is 1.29.